The van der Waals surface area contributed by atoms with E-state index in [1.165, 1.54) is 25.7 Å². The van der Waals surface area contributed by atoms with Crippen LogP contribution in [0.1, 0.15) is 59.9 Å². The molecule has 2 aromatic carbocycles. The molecule has 1 saturated heterocycles. The van der Waals surface area contributed by atoms with E-state index in [1.54, 1.807) is 30.3 Å². The fourth-order valence-electron chi connectivity index (χ4n) is 4.59. The fraction of sp³-hybridized carbons (Fsp3) is 0.481. The summed E-state index contributed by atoms with van der Waals surface area (Å²) < 4.78 is 15.4. The first-order chi connectivity index (χ1) is 17.1. The lowest BCUT2D eigenvalue weighted by atomic mass is 9.92. The number of carbonyl (C=O) groups excluding carboxylic acids is 2. The van der Waals surface area contributed by atoms with Gasteiger partial charge in [-0.25, -0.2) is 4.39 Å². The molecule has 36 heavy (non-hydrogen) atoms. The third-order valence-electron chi connectivity index (χ3n) is 6.91. The highest BCUT2D eigenvalue weighted by Crippen LogP contribution is 2.35. The standard InChI is InChI=1S/C21H19Cl2FN2O3.C6H15N/c22-14-9-13(18(27)17(23)10-14)11-25-7-5-21(24,6-8-25)12-26-19(28)15-3-1-2-4-16(15)20(26)29;1-4-7(5-2)6-3/h1-4,9-10,27H,5-8,11-12H2;4-6H2,1-3H3. The molecule has 2 aliphatic heterocycles. The molecule has 2 aliphatic rings. The minimum absolute atomic E-state index is 0.0285. The normalized spacial score (nSPS) is 17.2. The van der Waals surface area contributed by atoms with Crippen LogP contribution in [0.3, 0.4) is 0 Å². The molecule has 196 valence electrons. The van der Waals surface area contributed by atoms with E-state index in [9.17, 15) is 14.7 Å². The predicted octanol–water partition coefficient (Wildman–Crippen LogP) is 5.65. The van der Waals surface area contributed by atoms with Gasteiger partial charge < -0.3 is 10.0 Å². The number of phenols is 1. The first-order valence-corrected chi connectivity index (χ1v) is 13.1. The summed E-state index contributed by atoms with van der Waals surface area (Å²) in [7, 11) is 0. The van der Waals surface area contributed by atoms with Crippen molar-refractivity contribution in [2.24, 2.45) is 0 Å². The lowest BCUT2D eigenvalue weighted by Gasteiger charge is -2.38. The zero-order chi connectivity index (χ0) is 26.5. The van der Waals surface area contributed by atoms with E-state index >= 15 is 4.39 Å². The molecule has 4 rings (SSSR count). The van der Waals surface area contributed by atoms with Gasteiger partial charge in [0, 0.05) is 30.2 Å². The summed E-state index contributed by atoms with van der Waals surface area (Å²) >= 11 is 12.0. The molecule has 0 atom stereocenters. The van der Waals surface area contributed by atoms with Gasteiger partial charge in [-0.05, 0) is 56.7 Å². The summed E-state index contributed by atoms with van der Waals surface area (Å²) in [6.45, 7) is 11.1. The second kappa shape index (κ2) is 12.4. The number of hydrogen-bond acceptors (Lipinski definition) is 5. The van der Waals surface area contributed by atoms with Crippen molar-refractivity contribution in [3.8, 4) is 5.75 Å². The number of carbonyl (C=O) groups is 2. The van der Waals surface area contributed by atoms with Crippen molar-refractivity contribution in [3.05, 3.63) is 63.1 Å². The van der Waals surface area contributed by atoms with Crippen LogP contribution in [0.15, 0.2) is 36.4 Å². The summed E-state index contributed by atoms with van der Waals surface area (Å²) in [6.07, 6.45) is 0.352. The van der Waals surface area contributed by atoms with Crippen LogP contribution in [0.2, 0.25) is 10.0 Å². The van der Waals surface area contributed by atoms with E-state index in [4.69, 9.17) is 23.2 Å². The summed E-state index contributed by atoms with van der Waals surface area (Å²) in [6, 6.07) is 9.66. The molecule has 0 unspecified atom stereocenters. The number of nitrogens with zero attached hydrogens (tertiary/aromatic N) is 3. The number of rotatable bonds is 7. The monoisotopic (exact) mass is 537 g/mol. The highest BCUT2D eigenvalue weighted by molar-refractivity contribution is 6.35. The number of amides is 2. The van der Waals surface area contributed by atoms with Crippen molar-refractivity contribution in [2.45, 2.75) is 45.8 Å². The Morgan fingerprint density at radius 1 is 0.972 bits per heavy atom. The topological polar surface area (TPSA) is 64.1 Å². The quantitative estimate of drug-likeness (QED) is 0.462. The maximum Gasteiger partial charge on any atom is 0.261 e. The van der Waals surface area contributed by atoms with Gasteiger partial charge in [0.15, 0.2) is 0 Å². The third-order valence-corrected chi connectivity index (χ3v) is 7.42. The number of piperidine rings is 1. The van der Waals surface area contributed by atoms with Crippen molar-refractivity contribution in [3.63, 3.8) is 0 Å². The molecule has 0 radical (unpaired) electrons. The molecule has 9 heteroatoms. The summed E-state index contributed by atoms with van der Waals surface area (Å²) in [5.74, 6) is -0.911. The molecule has 6 nitrogen and oxygen atoms in total. The van der Waals surface area contributed by atoms with Crippen molar-refractivity contribution in [1.29, 1.82) is 0 Å². The Morgan fingerprint density at radius 3 is 1.97 bits per heavy atom. The first kappa shape index (κ1) is 28.4. The van der Waals surface area contributed by atoms with E-state index < -0.39 is 17.5 Å². The maximum atomic E-state index is 15.4. The molecular formula is C27H34Cl2FN3O3. The zero-order valence-electron chi connectivity index (χ0n) is 21.1. The van der Waals surface area contributed by atoms with Crippen molar-refractivity contribution < 1.29 is 19.1 Å². The van der Waals surface area contributed by atoms with Crippen LogP contribution in [0, 0.1) is 0 Å². The van der Waals surface area contributed by atoms with Gasteiger partial charge in [-0.15, -0.1) is 0 Å². The number of benzene rings is 2. The Labute approximate surface area is 222 Å². The highest BCUT2D eigenvalue weighted by Gasteiger charge is 2.43. The average Bonchev–Trinajstić information content (AvgIpc) is 3.10. The van der Waals surface area contributed by atoms with E-state index in [-0.39, 0.29) is 30.2 Å². The van der Waals surface area contributed by atoms with Gasteiger partial charge >= 0.3 is 0 Å². The molecule has 0 spiro atoms. The van der Waals surface area contributed by atoms with Gasteiger partial charge in [0.1, 0.15) is 11.4 Å². The molecule has 1 N–H and O–H groups in total. The number of alkyl halides is 1. The fourth-order valence-corrected chi connectivity index (χ4v) is 5.12. The summed E-state index contributed by atoms with van der Waals surface area (Å²) in [5, 5.41) is 10.7. The largest absolute Gasteiger partial charge is 0.506 e. The average molecular weight is 538 g/mol. The maximum absolute atomic E-state index is 15.4. The van der Waals surface area contributed by atoms with Crippen LogP contribution in [0.4, 0.5) is 4.39 Å². The predicted molar refractivity (Wildman–Crippen MR) is 142 cm³/mol. The van der Waals surface area contributed by atoms with Crippen molar-refractivity contribution in [2.75, 3.05) is 39.3 Å². The van der Waals surface area contributed by atoms with Crippen LogP contribution in [0.5, 0.6) is 5.75 Å². The van der Waals surface area contributed by atoms with Gasteiger partial charge in [-0.2, -0.15) is 0 Å². The highest BCUT2D eigenvalue weighted by atomic mass is 35.5. The minimum Gasteiger partial charge on any atom is -0.506 e. The van der Waals surface area contributed by atoms with Gasteiger partial charge in [-0.1, -0.05) is 56.1 Å². The Hall–Kier alpha value is -2.19. The molecule has 0 saturated carbocycles. The van der Waals surface area contributed by atoms with Gasteiger partial charge in [-0.3, -0.25) is 19.4 Å². The van der Waals surface area contributed by atoms with Gasteiger partial charge in [0.25, 0.3) is 11.8 Å². The number of hydrogen-bond donors (Lipinski definition) is 1. The van der Waals surface area contributed by atoms with Crippen molar-refractivity contribution in [1.82, 2.24) is 14.7 Å². The Balaban J connectivity index is 0.000000454. The number of aromatic hydroxyl groups is 1. The number of halogens is 3. The lowest BCUT2D eigenvalue weighted by Crippen LogP contribution is -2.49. The number of imide groups is 1. The minimum atomic E-state index is -1.64. The second-order valence-corrected chi connectivity index (χ2v) is 10.0. The van der Waals surface area contributed by atoms with E-state index in [0.29, 0.717) is 41.3 Å². The SMILES string of the molecule is CCN(CC)CC.O=C1c2ccccc2C(=O)N1CC1(F)CCN(Cc2cc(Cl)cc(Cl)c2O)CC1. The Kier molecular flexibility index (Phi) is 9.75. The van der Waals surface area contributed by atoms with Gasteiger partial charge in [0.2, 0.25) is 0 Å². The molecule has 0 aromatic heterocycles. The Bertz CT molecular complexity index is 1050. The van der Waals surface area contributed by atoms with Crippen LogP contribution < -0.4 is 0 Å². The van der Waals surface area contributed by atoms with Gasteiger partial charge in [0.05, 0.1) is 22.7 Å². The molecule has 0 aliphatic carbocycles. The third kappa shape index (κ3) is 6.57. The molecular weight excluding hydrogens is 504 g/mol. The summed E-state index contributed by atoms with van der Waals surface area (Å²) in [4.78, 5) is 30.4. The van der Waals surface area contributed by atoms with E-state index in [2.05, 4.69) is 25.7 Å². The molecule has 0 bridgehead atoms. The molecule has 1 fully saturated rings. The van der Waals surface area contributed by atoms with Crippen LogP contribution in [-0.2, 0) is 6.54 Å². The van der Waals surface area contributed by atoms with E-state index in [0.717, 1.165) is 4.90 Å². The molecule has 2 aromatic rings. The Morgan fingerprint density at radius 2 is 1.50 bits per heavy atom. The first-order valence-electron chi connectivity index (χ1n) is 12.4. The number of likely N-dealkylation sites (tertiary alicyclic amines) is 1. The lowest BCUT2D eigenvalue weighted by molar-refractivity contribution is 0.0213. The van der Waals surface area contributed by atoms with Crippen molar-refractivity contribution >= 4 is 35.0 Å². The van der Waals surface area contributed by atoms with Crippen LogP contribution in [-0.4, -0.2) is 76.6 Å². The van der Waals surface area contributed by atoms with Crippen LogP contribution >= 0.6 is 23.2 Å². The second-order valence-electron chi connectivity index (χ2n) is 9.18. The van der Waals surface area contributed by atoms with Crippen LogP contribution in [0.25, 0.3) is 0 Å². The molecule has 2 amide bonds. The smallest absolute Gasteiger partial charge is 0.261 e. The number of phenolic OH excluding ortho intramolecular Hbond substituents is 1. The molecule has 2 heterocycles. The zero-order valence-corrected chi connectivity index (χ0v) is 22.6. The number of fused-ring (bicyclic) bond motifs is 1. The van der Waals surface area contributed by atoms with E-state index in [1.807, 2.05) is 4.90 Å². The summed E-state index contributed by atoms with van der Waals surface area (Å²) in [5.41, 5.74) is -0.411.